The molecule has 1 aromatic carbocycles. The Hall–Kier alpha value is -2.04. The summed E-state index contributed by atoms with van der Waals surface area (Å²) in [5.41, 5.74) is 2.10. The largest absolute Gasteiger partial charge is 0.481 e. The van der Waals surface area contributed by atoms with E-state index in [1.165, 1.54) is 0 Å². The zero-order valence-electron chi connectivity index (χ0n) is 8.78. The molecular formula is C11H12N2O3. The molecule has 5 heteroatoms. The number of hydrogen-bond donors (Lipinski definition) is 3. The van der Waals surface area contributed by atoms with Crippen LogP contribution in [-0.2, 0) is 4.79 Å². The first kappa shape index (κ1) is 10.5. The van der Waals surface area contributed by atoms with Gasteiger partial charge < -0.3 is 15.1 Å². The lowest BCUT2D eigenvalue weighted by molar-refractivity contribution is -0.137. The fraction of sp³-hybridized carbons (Fsp3) is 0.273. The van der Waals surface area contributed by atoms with Gasteiger partial charge in [0, 0.05) is 0 Å². The van der Waals surface area contributed by atoms with Crippen LogP contribution in [0.5, 0.6) is 0 Å². The van der Waals surface area contributed by atoms with Gasteiger partial charge in [-0.2, -0.15) is 0 Å². The molecular weight excluding hydrogens is 208 g/mol. The van der Waals surface area contributed by atoms with E-state index in [0.717, 1.165) is 11.1 Å². The minimum atomic E-state index is -0.824. The number of carboxylic acids is 1. The van der Waals surface area contributed by atoms with Crippen LogP contribution in [0, 0.1) is 0 Å². The third-order valence-electron chi connectivity index (χ3n) is 2.59. The molecule has 0 saturated carbocycles. The Kier molecular flexibility index (Phi) is 2.52. The number of aromatic amines is 2. The van der Waals surface area contributed by atoms with Crippen LogP contribution in [0.1, 0.15) is 24.8 Å². The summed E-state index contributed by atoms with van der Waals surface area (Å²) >= 11 is 0. The highest BCUT2D eigenvalue weighted by atomic mass is 16.4. The normalized spacial score (nSPS) is 12.8. The molecule has 2 rings (SSSR count). The van der Waals surface area contributed by atoms with Crippen molar-refractivity contribution >= 4 is 17.0 Å². The number of H-pyrrole nitrogens is 2. The summed E-state index contributed by atoms with van der Waals surface area (Å²) in [6, 6.07) is 5.42. The Bertz CT molecular complexity index is 582. The molecule has 3 N–H and O–H groups in total. The molecule has 5 nitrogen and oxygen atoms in total. The summed E-state index contributed by atoms with van der Waals surface area (Å²) in [6.45, 7) is 1.85. The van der Waals surface area contributed by atoms with Crippen LogP contribution in [0.15, 0.2) is 23.0 Å². The Morgan fingerprint density at radius 1 is 1.38 bits per heavy atom. The second-order valence-electron chi connectivity index (χ2n) is 3.88. The molecule has 84 valence electrons. The van der Waals surface area contributed by atoms with Crippen LogP contribution < -0.4 is 5.69 Å². The van der Waals surface area contributed by atoms with Crippen molar-refractivity contribution in [1.29, 1.82) is 0 Å². The summed E-state index contributed by atoms with van der Waals surface area (Å²) in [5.74, 6) is -0.893. The van der Waals surface area contributed by atoms with Crippen molar-refractivity contribution in [2.24, 2.45) is 0 Å². The van der Waals surface area contributed by atoms with Gasteiger partial charge in [-0.25, -0.2) is 4.79 Å². The molecule has 0 spiro atoms. The van der Waals surface area contributed by atoms with Crippen LogP contribution in [-0.4, -0.2) is 21.0 Å². The fourth-order valence-electron chi connectivity index (χ4n) is 1.74. The zero-order chi connectivity index (χ0) is 11.7. The fourth-order valence-corrected chi connectivity index (χ4v) is 1.74. The molecule has 2 aromatic rings. The minimum absolute atomic E-state index is 0.0692. The summed E-state index contributed by atoms with van der Waals surface area (Å²) in [6.07, 6.45) is 0.0835. The van der Waals surface area contributed by atoms with Crippen molar-refractivity contribution < 1.29 is 9.90 Å². The molecule has 1 atom stereocenters. The molecule has 1 heterocycles. The Labute approximate surface area is 91.1 Å². The van der Waals surface area contributed by atoms with Gasteiger partial charge >= 0.3 is 11.7 Å². The Balaban J connectivity index is 2.38. The van der Waals surface area contributed by atoms with Gasteiger partial charge in [-0.1, -0.05) is 13.0 Å². The summed E-state index contributed by atoms with van der Waals surface area (Å²) in [7, 11) is 0. The summed E-state index contributed by atoms with van der Waals surface area (Å²) < 4.78 is 0. The highest BCUT2D eigenvalue weighted by Crippen LogP contribution is 2.21. The number of aromatic nitrogens is 2. The smallest absolute Gasteiger partial charge is 0.323 e. The average molecular weight is 220 g/mol. The molecule has 0 bridgehead atoms. The maximum Gasteiger partial charge on any atom is 0.323 e. The van der Waals surface area contributed by atoms with E-state index in [1.54, 1.807) is 12.1 Å². The second-order valence-corrected chi connectivity index (χ2v) is 3.88. The monoisotopic (exact) mass is 220 g/mol. The number of rotatable bonds is 3. The maximum absolute atomic E-state index is 11.0. The van der Waals surface area contributed by atoms with E-state index in [-0.39, 0.29) is 18.0 Å². The molecule has 0 amide bonds. The van der Waals surface area contributed by atoms with Gasteiger partial charge in [0.2, 0.25) is 0 Å². The number of carbonyl (C=O) groups is 1. The first-order chi connectivity index (χ1) is 7.56. The highest BCUT2D eigenvalue weighted by Gasteiger charge is 2.11. The van der Waals surface area contributed by atoms with Gasteiger partial charge in [0.1, 0.15) is 0 Å². The molecule has 16 heavy (non-hydrogen) atoms. The van der Waals surface area contributed by atoms with Crippen molar-refractivity contribution in [1.82, 2.24) is 9.97 Å². The number of hydrogen-bond acceptors (Lipinski definition) is 2. The van der Waals surface area contributed by atoms with Crippen LogP contribution in [0.2, 0.25) is 0 Å². The molecule has 0 aliphatic carbocycles. The first-order valence-electron chi connectivity index (χ1n) is 5.00. The molecule has 1 aromatic heterocycles. The van der Waals surface area contributed by atoms with Crippen molar-refractivity contribution in [2.45, 2.75) is 19.3 Å². The number of fused-ring (bicyclic) bond motifs is 1. The van der Waals surface area contributed by atoms with E-state index < -0.39 is 5.97 Å². The van der Waals surface area contributed by atoms with Crippen molar-refractivity contribution in [2.75, 3.05) is 0 Å². The number of benzene rings is 1. The lowest BCUT2D eigenvalue weighted by Crippen LogP contribution is -2.02. The van der Waals surface area contributed by atoms with Gasteiger partial charge in [-0.05, 0) is 23.6 Å². The topological polar surface area (TPSA) is 85.9 Å². The standard InChI is InChI=1S/C11H12N2O3/c1-6(4-10(14)15)7-2-3-8-9(5-7)13-11(16)12-8/h2-3,5-6H,4H2,1H3,(H,14,15)(H2,12,13,16). The highest BCUT2D eigenvalue weighted by molar-refractivity contribution is 5.75. The SMILES string of the molecule is CC(CC(=O)O)c1ccc2[nH]c(=O)[nH]c2c1. The van der Waals surface area contributed by atoms with Crippen molar-refractivity contribution in [3.63, 3.8) is 0 Å². The lowest BCUT2D eigenvalue weighted by Gasteiger charge is -2.08. The van der Waals surface area contributed by atoms with Crippen LogP contribution in [0.4, 0.5) is 0 Å². The predicted octanol–water partition coefficient (Wildman–Crippen LogP) is 1.43. The molecule has 0 saturated heterocycles. The predicted molar refractivity (Wildman–Crippen MR) is 59.6 cm³/mol. The maximum atomic E-state index is 11.0. The number of aliphatic carboxylic acids is 1. The average Bonchev–Trinajstić information content (AvgIpc) is 2.55. The van der Waals surface area contributed by atoms with Gasteiger partial charge in [0.15, 0.2) is 0 Å². The van der Waals surface area contributed by atoms with Crippen LogP contribution >= 0.6 is 0 Å². The van der Waals surface area contributed by atoms with Crippen LogP contribution in [0.3, 0.4) is 0 Å². The third kappa shape index (κ3) is 1.98. The third-order valence-corrected chi connectivity index (χ3v) is 2.59. The quantitative estimate of drug-likeness (QED) is 0.731. The van der Waals surface area contributed by atoms with Gasteiger partial charge in [-0.15, -0.1) is 0 Å². The van der Waals surface area contributed by atoms with E-state index in [1.807, 2.05) is 13.0 Å². The molecule has 1 unspecified atom stereocenters. The summed E-state index contributed by atoms with van der Waals surface area (Å²) in [4.78, 5) is 26.9. The van der Waals surface area contributed by atoms with Gasteiger partial charge in [-0.3, -0.25) is 4.79 Å². The molecule has 0 radical (unpaired) electrons. The lowest BCUT2D eigenvalue weighted by atomic mass is 9.97. The number of nitrogens with one attached hydrogen (secondary N) is 2. The van der Waals surface area contributed by atoms with Gasteiger partial charge in [0.05, 0.1) is 17.5 Å². The van der Waals surface area contributed by atoms with Gasteiger partial charge in [0.25, 0.3) is 0 Å². The van der Waals surface area contributed by atoms with Crippen molar-refractivity contribution in [3.8, 4) is 0 Å². The number of imidazole rings is 1. The second kappa shape index (κ2) is 3.84. The minimum Gasteiger partial charge on any atom is -0.481 e. The van der Waals surface area contributed by atoms with Crippen molar-refractivity contribution in [3.05, 3.63) is 34.2 Å². The van der Waals surface area contributed by atoms with E-state index in [9.17, 15) is 9.59 Å². The Morgan fingerprint density at radius 2 is 2.06 bits per heavy atom. The van der Waals surface area contributed by atoms with E-state index in [2.05, 4.69) is 9.97 Å². The molecule has 0 aliphatic heterocycles. The first-order valence-corrected chi connectivity index (χ1v) is 5.00. The summed E-state index contributed by atoms with van der Waals surface area (Å²) in [5, 5.41) is 8.70. The van der Waals surface area contributed by atoms with E-state index in [4.69, 9.17) is 5.11 Å². The molecule has 0 fully saturated rings. The Morgan fingerprint density at radius 3 is 2.75 bits per heavy atom. The zero-order valence-corrected chi connectivity index (χ0v) is 8.78. The van der Waals surface area contributed by atoms with Crippen LogP contribution in [0.25, 0.3) is 11.0 Å². The number of carboxylic acid groups (broad SMARTS) is 1. The molecule has 0 aliphatic rings. The van der Waals surface area contributed by atoms with E-state index >= 15 is 0 Å². The van der Waals surface area contributed by atoms with E-state index in [0.29, 0.717) is 5.52 Å².